The third-order valence-corrected chi connectivity index (χ3v) is 3.28. The highest BCUT2D eigenvalue weighted by molar-refractivity contribution is 5.91. The molecule has 0 aliphatic heterocycles. The fourth-order valence-corrected chi connectivity index (χ4v) is 1.93. The smallest absolute Gasteiger partial charge is 0.244 e. The van der Waals surface area contributed by atoms with Crippen molar-refractivity contribution in [3.63, 3.8) is 0 Å². The van der Waals surface area contributed by atoms with Crippen LogP contribution >= 0.6 is 0 Å². The summed E-state index contributed by atoms with van der Waals surface area (Å²) < 4.78 is 5.42. The van der Waals surface area contributed by atoms with Gasteiger partial charge >= 0.3 is 0 Å². The van der Waals surface area contributed by atoms with Crippen molar-refractivity contribution >= 4 is 12.0 Å². The molecule has 1 N–H and O–H groups in total. The fourth-order valence-electron chi connectivity index (χ4n) is 1.93. The van der Waals surface area contributed by atoms with E-state index in [1.807, 2.05) is 32.1 Å². The first-order valence-corrected chi connectivity index (χ1v) is 7.97. The highest BCUT2D eigenvalue weighted by Gasteiger charge is 2.12. The molecular weight excluding hydrogens is 274 g/mol. The van der Waals surface area contributed by atoms with Gasteiger partial charge in [0.25, 0.3) is 0 Å². The molecule has 0 atom stereocenters. The van der Waals surface area contributed by atoms with E-state index in [1.165, 1.54) is 5.56 Å². The molecule has 0 radical (unpaired) electrons. The average Bonchev–Trinajstić information content (AvgIpc) is 2.44. The van der Waals surface area contributed by atoms with Gasteiger partial charge in [0.1, 0.15) is 0 Å². The van der Waals surface area contributed by atoms with Crippen LogP contribution in [0, 0.1) is 0 Å². The summed E-state index contributed by atoms with van der Waals surface area (Å²) in [6.45, 7) is 11.9. The van der Waals surface area contributed by atoms with Gasteiger partial charge in [0.2, 0.25) is 5.91 Å². The van der Waals surface area contributed by atoms with Crippen LogP contribution in [0.2, 0.25) is 0 Å². The summed E-state index contributed by atoms with van der Waals surface area (Å²) in [5.74, 6) is -0.0653. The van der Waals surface area contributed by atoms with Gasteiger partial charge in [-0.3, -0.25) is 4.79 Å². The molecule has 0 aliphatic carbocycles. The minimum Gasteiger partial charge on any atom is -0.379 e. The van der Waals surface area contributed by atoms with Gasteiger partial charge in [0, 0.05) is 19.2 Å². The Balaban J connectivity index is 2.36. The van der Waals surface area contributed by atoms with Crippen molar-refractivity contribution in [3.05, 3.63) is 41.5 Å². The van der Waals surface area contributed by atoms with E-state index in [0.717, 1.165) is 12.0 Å². The predicted octanol–water partition coefficient (Wildman–Crippen LogP) is 3.93. The van der Waals surface area contributed by atoms with Gasteiger partial charge < -0.3 is 10.1 Å². The summed E-state index contributed by atoms with van der Waals surface area (Å²) in [7, 11) is 0. The SMILES string of the molecule is CC(C)OCCCNC(=O)/C=C/c1ccc(C(C)(C)C)cc1. The molecule has 0 spiro atoms. The number of carbonyl (C=O) groups excluding carboxylic acids is 1. The van der Waals surface area contributed by atoms with Crippen molar-refractivity contribution in [3.8, 4) is 0 Å². The minimum absolute atomic E-state index is 0.0653. The first kappa shape index (κ1) is 18.4. The second-order valence-corrected chi connectivity index (χ2v) is 6.77. The highest BCUT2D eigenvalue weighted by atomic mass is 16.5. The molecule has 0 aromatic heterocycles. The topological polar surface area (TPSA) is 38.3 Å². The van der Waals surface area contributed by atoms with Gasteiger partial charge in [-0.1, -0.05) is 45.0 Å². The molecule has 0 saturated heterocycles. The van der Waals surface area contributed by atoms with E-state index in [4.69, 9.17) is 4.74 Å². The Labute approximate surface area is 134 Å². The highest BCUT2D eigenvalue weighted by Crippen LogP contribution is 2.22. The summed E-state index contributed by atoms with van der Waals surface area (Å²) >= 11 is 0. The van der Waals surface area contributed by atoms with E-state index in [1.54, 1.807) is 6.08 Å². The maximum Gasteiger partial charge on any atom is 0.244 e. The Bertz CT molecular complexity index is 481. The Kier molecular flexibility index (Phi) is 7.33. The van der Waals surface area contributed by atoms with E-state index < -0.39 is 0 Å². The monoisotopic (exact) mass is 303 g/mol. The van der Waals surface area contributed by atoms with E-state index >= 15 is 0 Å². The number of amides is 1. The predicted molar refractivity (Wildman–Crippen MR) is 92.9 cm³/mol. The Hall–Kier alpha value is -1.61. The molecule has 1 aromatic rings. The Morgan fingerprint density at radius 2 is 1.86 bits per heavy atom. The molecule has 3 heteroatoms. The van der Waals surface area contributed by atoms with Crippen molar-refractivity contribution in [2.45, 2.75) is 52.6 Å². The second kappa shape index (κ2) is 8.74. The lowest BCUT2D eigenvalue weighted by atomic mass is 9.87. The number of ether oxygens (including phenoxy) is 1. The van der Waals surface area contributed by atoms with Gasteiger partial charge in [0.15, 0.2) is 0 Å². The molecule has 3 nitrogen and oxygen atoms in total. The fraction of sp³-hybridized carbons (Fsp3) is 0.526. The lowest BCUT2D eigenvalue weighted by Gasteiger charge is -2.18. The van der Waals surface area contributed by atoms with E-state index in [9.17, 15) is 4.79 Å². The van der Waals surface area contributed by atoms with Crippen LogP contribution in [0.15, 0.2) is 30.3 Å². The zero-order valence-corrected chi connectivity index (χ0v) is 14.5. The van der Waals surface area contributed by atoms with Crippen LogP contribution in [-0.2, 0) is 14.9 Å². The van der Waals surface area contributed by atoms with Crippen LogP contribution in [0.4, 0.5) is 0 Å². The first-order valence-electron chi connectivity index (χ1n) is 7.97. The summed E-state index contributed by atoms with van der Waals surface area (Å²) in [5, 5.41) is 2.86. The number of hydrogen-bond acceptors (Lipinski definition) is 2. The molecular formula is C19H29NO2. The van der Waals surface area contributed by atoms with Crippen LogP contribution in [0.3, 0.4) is 0 Å². The van der Waals surface area contributed by atoms with Gasteiger partial charge in [-0.15, -0.1) is 0 Å². The molecule has 1 rings (SSSR count). The molecule has 0 fully saturated rings. The summed E-state index contributed by atoms with van der Waals surface area (Å²) in [5.41, 5.74) is 2.48. The van der Waals surface area contributed by atoms with Gasteiger partial charge in [0.05, 0.1) is 6.10 Å². The van der Waals surface area contributed by atoms with Gasteiger partial charge in [-0.25, -0.2) is 0 Å². The molecule has 22 heavy (non-hydrogen) atoms. The molecule has 0 saturated carbocycles. The zero-order chi connectivity index (χ0) is 16.6. The first-order chi connectivity index (χ1) is 10.3. The van der Waals surface area contributed by atoms with E-state index in [2.05, 4.69) is 38.2 Å². The van der Waals surface area contributed by atoms with Crippen molar-refractivity contribution < 1.29 is 9.53 Å². The van der Waals surface area contributed by atoms with E-state index in [-0.39, 0.29) is 17.4 Å². The number of nitrogens with one attached hydrogen (secondary N) is 1. The Morgan fingerprint density at radius 3 is 2.41 bits per heavy atom. The molecule has 0 aliphatic rings. The maximum absolute atomic E-state index is 11.7. The van der Waals surface area contributed by atoms with Crippen molar-refractivity contribution in [1.82, 2.24) is 5.32 Å². The molecule has 1 aromatic carbocycles. The third-order valence-electron chi connectivity index (χ3n) is 3.28. The quantitative estimate of drug-likeness (QED) is 0.612. The minimum atomic E-state index is -0.0653. The van der Waals surface area contributed by atoms with Crippen LogP contribution in [0.5, 0.6) is 0 Å². The number of rotatable bonds is 7. The standard InChI is InChI=1S/C19H29NO2/c1-15(2)22-14-6-13-20-18(21)12-9-16-7-10-17(11-8-16)19(3,4)5/h7-12,15H,6,13-14H2,1-5H3,(H,20,21)/b12-9+. The molecule has 1 amide bonds. The molecule has 122 valence electrons. The van der Waals surface area contributed by atoms with Crippen LogP contribution in [0.25, 0.3) is 6.08 Å². The molecule has 0 unspecified atom stereocenters. The van der Waals surface area contributed by atoms with Crippen molar-refractivity contribution in [2.75, 3.05) is 13.2 Å². The third kappa shape index (κ3) is 7.41. The molecule has 0 heterocycles. The van der Waals surface area contributed by atoms with Crippen LogP contribution < -0.4 is 5.32 Å². The Morgan fingerprint density at radius 1 is 1.23 bits per heavy atom. The van der Waals surface area contributed by atoms with Crippen LogP contribution in [-0.4, -0.2) is 25.2 Å². The number of hydrogen-bond donors (Lipinski definition) is 1. The average molecular weight is 303 g/mol. The number of benzene rings is 1. The molecule has 0 bridgehead atoms. The lowest BCUT2D eigenvalue weighted by molar-refractivity contribution is -0.116. The zero-order valence-electron chi connectivity index (χ0n) is 14.5. The van der Waals surface area contributed by atoms with Crippen molar-refractivity contribution in [2.24, 2.45) is 0 Å². The summed E-state index contributed by atoms with van der Waals surface area (Å²) in [4.78, 5) is 11.7. The second-order valence-electron chi connectivity index (χ2n) is 6.77. The number of carbonyl (C=O) groups is 1. The van der Waals surface area contributed by atoms with E-state index in [0.29, 0.717) is 13.2 Å². The van der Waals surface area contributed by atoms with Crippen molar-refractivity contribution in [1.29, 1.82) is 0 Å². The summed E-state index contributed by atoms with van der Waals surface area (Å²) in [6.07, 6.45) is 4.49. The van der Waals surface area contributed by atoms with Gasteiger partial charge in [-0.05, 0) is 42.9 Å². The van der Waals surface area contributed by atoms with Crippen LogP contribution in [0.1, 0.15) is 52.2 Å². The largest absolute Gasteiger partial charge is 0.379 e. The lowest BCUT2D eigenvalue weighted by Crippen LogP contribution is -2.23. The van der Waals surface area contributed by atoms with Gasteiger partial charge in [-0.2, -0.15) is 0 Å². The maximum atomic E-state index is 11.7. The normalized spacial score (nSPS) is 12.1. The summed E-state index contributed by atoms with van der Waals surface area (Å²) in [6, 6.07) is 8.31.